The summed E-state index contributed by atoms with van der Waals surface area (Å²) in [6.45, 7) is 9.74. The lowest BCUT2D eigenvalue weighted by Gasteiger charge is -2.16. The van der Waals surface area contributed by atoms with Crippen molar-refractivity contribution in [3.63, 3.8) is 0 Å². The van der Waals surface area contributed by atoms with Gasteiger partial charge in [0.1, 0.15) is 0 Å². The number of allylic oxidation sites excluding steroid dienone is 1. The van der Waals surface area contributed by atoms with Crippen molar-refractivity contribution in [2.45, 2.75) is 13.5 Å². The Morgan fingerprint density at radius 2 is 1.68 bits per heavy atom. The van der Waals surface area contributed by atoms with Crippen LogP contribution in [0.5, 0.6) is 0 Å². The molecule has 0 aliphatic carbocycles. The fourth-order valence-electron chi connectivity index (χ4n) is 2.98. The molecular weight excluding hydrogens is 306 g/mol. The zero-order valence-electron chi connectivity index (χ0n) is 14.4. The first-order valence-electron chi connectivity index (χ1n) is 8.23. The molecule has 0 aliphatic rings. The summed E-state index contributed by atoms with van der Waals surface area (Å²) in [5, 5.41) is 9.89. The number of hydrogen-bond acceptors (Lipinski definition) is 2. The van der Waals surface area contributed by atoms with E-state index in [2.05, 4.69) is 31.4 Å². The maximum absolute atomic E-state index is 9.89. The monoisotopic (exact) mass is 327 g/mol. The molecule has 1 heterocycles. The first-order chi connectivity index (χ1) is 12.2. The Labute approximate surface area is 148 Å². The average molecular weight is 327 g/mol. The second-order valence-electron chi connectivity index (χ2n) is 5.99. The van der Waals surface area contributed by atoms with Crippen LogP contribution in [-0.4, -0.2) is 10.1 Å². The van der Waals surface area contributed by atoms with Crippen molar-refractivity contribution >= 4 is 11.6 Å². The van der Waals surface area contributed by atoms with E-state index in [0.29, 0.717) is 0 Å². The van der Waals surface area contributed by atoms with Gasteiger partial charge in [-0.25, -0.2) is 4.98 Å². The highest BCUT2D eigenvalue weighted by molar-refractivity contribution is 5.84. The Hall–Kier alpha value is -2.97. The molecule has 3 rings (SSSR count). The molecule has 0 atom stereocenters. The number of aliphatic hydroxyl groups excluding tert-OH is 1. The van der Waals surface area contributed by atoms with Crippen LogP contribution in [0.4, 0.5) is 0 Å². The lowest BCUT2D eigenvalue weighted by molar-refractivity contribution is 0.282. The highest BCUT2D eigenvalue weighted by Gasteiger charge is 2.15. The fourth-order valence-corrected chi connectivity index (χ4v) is 2.98. The van der Waals surface area contributed by atoms with Crippen molar-refractivity contribution in [1.29, 1.82) is 0 Å². The van der Waals surface area contributed by atoms with Crippen molar-refractivity contribution in [1.82, 2.24) is 4.98 Å². The summed E-state index contributed by atoms with van der Waals surface area (Å²) < 4.78 is 0. The van der Waals surface area contributed by atoms with Crippen molar-refractivity contribution in [3.8, 4) is 22.4 Å². The third-order valence-corrected chi connectivity index (χ3v) is 4.19. The number of aromatic nitrogens is 1. The largest absolute Gasteiger partial charge is 0.392 e. The van der Waals surface area contributed by atoms with Gasteiger partial charge in [-0.1, -0.05) is 73.8 Å². The molecule has 0 saturated heterocycles. The van der Waals surface area contributed by atoms with Gasteiger partial charge in [-0.15, -0.1) is 0 Å². The molecule has 2 heteroatoms. The first kappa shape index (κ1) is 16.9. The second kappa shape index (κ2) is 7.29. The number of benzene rings is 2. The third kappa shape index (κ3) is 3.30. The van der Waals surface area contributed by atoms with E-state index in [4.69, 9.17) is 4.98 Å². The molecule has 2 nitrogen and oxygen atoms in total. The molecule has 0 saturated carbocycles. The zero-order chi connectivity index (χ0) is 17.8. The minimum Gasteiger partial charge on any atom is -0.392 e. The highest BCUT2D eigenvalue weighted by atomic mass is 16.3. The van der Waals surface area contributed by atoms with E-state index in [9.17, 15) is 5.11 Å². The Morgan fingerprint density at radius 1 is 1.04 bits per heavy atom. The van der Waals surface area contributed by atoms with Gasteiger partial charge in [0.2, 0.25) is 0 Å². The lowest BCUT2D eigenvalue weighted by atomic mass is 9.93. The SMILES string of the molecule is C=Cc1cc(CO)c(-c2ccccc2-c2ccccc2)nc1C(=C)C. The molecule has 0 amide bonds. The molecule has 124 valence electrons. The molecule has 0 radical (unpaired) electrons. The van der Waals surface area contributed by atoms with Gasteiger partial charge >= 0.3 is 0 Å². The average Bonchev–Trinajstić information content (AvgIpc) is 2.67. The molecule has 25 heavy (non-hydrogen) atoms. The highest BCUT2D eigenvalue weighted by Crippen LogP contribution is 2.34. The van der Waals surface area contributed by atoms with Crippen molar-refractivity contribution in [2.24, 2.45) is 0 Å². The van der Waals surface area contributed by atoms with Crippen LogP contribution in [0.15, 0.2) is 73.8 Å². The minimum absolute atomic E-state index is 0.0806. The Kier molecular flexibility index (Phi) is 4.92. The summed E-state index contributed by atoms with van der Waals surface area (Å²) in [5.74, 6) is 0. The van der Waals surface area contributed by atoms with Crippen LogP contribution in [-0.2, 0) is 6.61 Å². The Bertz CT molecular complexity index is 926. The van der Waals surface area contributed by atoms with E-state index in [1.54, 1.807) is 6.08 Å². The van der Waals surface area contributed by atoms with Crippen LogP contribution in [0.1, 0.15) is 23.7 Å². The van der Waals surface area contributed by atoms with Crippen LogP contribution < -0.4 is 0 Å². The minimum atomic E-state index is -0.0806. The predicted octanol–water partition coefficient (Wildman–Crippen LogP) is 5.58. The summed E-state index contributed by atoms with van der Waals surface area (Å²) in [6.07, 6.45) is 1.75. The van der Waals surface area contributed by atoms with Crippen molar-refractivity contribution in [3.05, 3.63) is 90.6 Å². The topological polar surface area (TPSA) is 33.1 Å². The van der Waals surface area contributed by atoms with Gasteiger partial charge in [0.05, 0.1) is 18.0 Å². The number of nitrogens with zero attached hydrogens (tertiary/aromatic N) is 1. The Morgan fingerprint density at radius 3 is 2.28 bits per heavy atom. The van der Waals surface area contributed by atoms with E-state index >= 15 is 0 Å². The third-order valence-electron chi connectivity index (χ3n) is 4.19. The van der Waals surface area contributed by atoms with Crippen molar-refractivity contribution < 1.29 is 5.11 Å². The summed E-state index contributed by atoms with van der Waals surface area (Å²) in [5.41, 5.74) is 7.34. The van der Waals surface area contributed by atoms with Gasteiger partial charge in [0.25, 0.3) is 0 Å². The fraction of sp³-hybridized carbons (Fsp3) is 0.0870. The van der Waals surface area contributed by atoms with Gasteiger partial charge in [0, 0.05) is 16.7 Å². The van der Waals surface area contributed by atoms with Crippen LogP contribution in [0.2, 0.25) is 0 Å². The number of aliphatic hydroxyl groups is 1. The molecule has 1 N–H and O–H groups in total. The van der Waals surface area contributed by atoms with E-state index in [0.717, 1.165) is 44.8 Å². The summed E-state index contributed by atoms with van der Waals surface area (Å²) >= 11 is 0. The maximum Gasteiger partial charge on any atom is 0.0771 e. The smallest absolute Gasteiger partial charge is 0.0771 e. The summed E-state index contributed by atoms with van der Waals surface area (Å²) in [7, 11) is 0. The molecule has 0 fully saturated rings. The maximum atomic E-state index is 9.89. The normalized spacial score (nSPS) is 10.5. The lowest BCUT2D eigenvalue weighted by Crippen LogP contribution is -2.01. The van der Waals surface area contributed by atoms with Crippen LogP contribution in [0.25, 0.3) is 34.0 Å². The molecule has 0 spiro atoms. The molecule has 1 aromatic heterocycles. The van der Waals surface area contributed by atoms with Gasteiger partial charge in [0.15, 0.2) is 0 Å². The van der Waals surface area contributed by atoms with Gasteiger partial charge in [-0.3, -0.25) is 0 Å². The quantitative estimate of drug-likeness (QED) is 0.663. The van der Waals surface area contributed by atoms with Crippen LogP contribution >= 0.6 is 0 Å². The first-order valence-corrected chi connectivity index (χ1v) is 8.23. The molecule has 2 aromatic carbocycles. The zero-order valence-corrected chi connectivity index (χ0v) is 14.4. The van der Waals surface area contributed by atoms with E-state index in [1.807, 2.05) is 49.4 Å². The van der Waals surface area contributed by atoms with Crippen LogP contribution in [0.3, 0.4) is 0 Å². The van der Waals surface area contributed by atoms with E-state index in [1.165, 1.54) is 0 Å². The molecule has 3 aromatic rings. The van der Waals surface area contributed by atoms with E-state index in [-0.39, 0.29) is 6.61 Å². The van der Waals surface area contributed by atoms with E-state index < -0.39 is 0 Å². The second-order valence-corrected chi connectivity index (χ2v) is 5.99. The molecule has 0 aliphatic heterocycles. The number of rotatable bonds is 5. The molecule has 0 unspecified atom stereocenters. The van der Waals surface area contributed by atoms with Crippen LogP contribution in [0, 0.1) is 0 Å². The molecule has 0 bridgehead atoms. The van der Waals surface area contributed by atoms with Gasteiger partial charge in [-0.05, 0) is 29.7 Å². The predicted molar refractivity (Wildman–Crippen MR) is 106 cm³/mol. The summed E-state index contributed by atoms with van der Waals surface area (Å²) in [4.78, 5) is 4.84. The number of hydrogen-bond donors (Lipinski definition) is 1. The summed E-state index contributed by atoms with van der Waals surface area (Å²) in [6, 6.07) is 20.3. The Balaban J connectivity index is 2.29. The standard InChI is InChI=1S/C23H21NO/c1-4-17-14-19(15-25)23(24-22(17)16(2)3)21-13-9-8-12-20(21)18-10-6-5-7-11-18/h4-14,25H,1-2,15H2,3H3. The van der Waals surface area contributed by atoms with Gasteiger partial charge < -0.3 is 5.11 Å². The van der Waals surface area contributed by atoms with Gasteiger partial charge in [-0.2, -0.15) is 0 Å². The number of pyridine rings is 1. The van der Waals surface area contributed by atoms with Crippen molar-refractivity contribution in [2.75, 3.05) is 0 Å². The molecular formula is C23H21NO.